The number of urea groups is 1. The Morgan fingerprint density at radius 3 is 2.30 bits per heavy atom. The summed E-state index contributed by atoms with van der Waals surface area (Å²) in [5.41, 5.74) is 6.88. The zero-order valence-corrected chi connectivity index (χ0v) is 12.2. The fourth-order valence-corrected chi connectivity index (χ4v) is 2.54. The van der Waals surface area contributed by atoms with E-state index < -0.39 is 18.0 Å². The van der Waals surface area contributed by atoms with Crippen LogP contribution in [0.3, 0.4) is 0 Å². The minimum absolute atomic E-state index is 0.314. The van der Waals surface area contributed by atoms with Crippen molar-refractivity contribution >= 4 is 23.5 Å². The van der Waals surface area contributed by atoms with E-state index in [0.29, 0.717) is 17.7 Å². The zero-order chi connectivity index (χ0) is 16.4. The third kappa shape index (κ3) is 2.91. The van der Waals surface area contributed by atoms with E-state index in [2.05, 4.69) is 5.32 Å². The fraction of sp³-hybridized carbons (Fsp3) is 0.118. The predicted molar refractivity (Wildman–Crippen MR) is 84.9 cm³/mol. The number of hydrogen-bond acceptors (Lipinski definition) is 3. The van der Waals surface area contributed by atoms with Gasteiger partial charge in [0.2, 0.25) is 5.91 Å². The highest BCUT2D eigenvalue weighted by molar-refractivity contribution is 6.21. The molecule has 6 nitrogen and oxygen atoms in total. The number of rotatable bonds is 4. The average Bonchev–Trinajstić information content (AvgIpc) is 2.82. The molecule has 1 fully saturated rings. The molecule has 1 heterocycles. The van der Waals surface area contributed by atoms with Gasteiger partial charge in [-0.25, -0.2) is 9.69 Å². The summed E-state index contributed by atoms with van der Waals surface area (Å²) in [5, 5.41) is 2.68. The largest absolute Gasteiger partial charge is 0.366 e. The molecule has 2 aromatic carbocycles. The highest BCUT2D eigenvalue weighted by Crippen LogP contribution is 2.21. The summed E-state index contributed by atoms with van der Waals surface area (Å²) in [4.78, 5) is 36.8. The number of carbonyl (C=O) groups excluding carboxylic acids is 3. The molecular weight excluding hydrogens is 294 g/mol. The molecule has 1 aliphatic rings. The Bertz CT molecular complexity index is 756. The molecule has 0 radical (unpaired) electrons. The van der Waals surface area contributed by atoms with Gasteiger partial charge < -0.3 is 11.1 Å². The summed E-state index contributed by atoms with van der Waals surface area (Å²) < 4.78 is 0. The molecule has 1 aliphatic heterocycles. The van der Waals surface area contributed by atoms with Crippen molar-refractivity contribution in [3.05, 3.63) is 65.7 Å². The lowest BCUT2D eigenvalue weighted by Crippen LogP contribution is -2.32. The van der Waals surface area contributed by atoms with Gasteiger partial charge in [0.15, 0.2) is 0 Å². The van der Waals surface area contributed by atoms with E-state index >= 15 is 0 Å². The molecule has 3 rings (SSSR count). The molecule has 0 bridgehead atoms. The maximum atomic E-state index is 12.5. The molecule has 0 saturated carbocycles. The first-order valence-corrected chi connectivity index (χ1v) is 7.14. The molecule has 0 aliphatic carbocycles. The monoisotopic (exact) mass is 309 g/mol. The lowest BCUT2D eigenvalue weighted by molar-refractivity contribution is -0.118. The Morgan fingerprint density at radius 2 is 1.70 bits per heavy atom. The van der Waals surface area contributed by atoms with E-state index in [9.17, 15) is 14.4 Å². The number of amides is 4. The van der Waals surface area contributed by atoms with Gasteiger partial charge in [-0.15, -0.1) is 0 Å². The van der Waals surface area contributed by atoms with Crippen molar-refractivity contribution in [3.63, 3.8) is 0 Å². The molecule has 116 valence electrons. The first kappa shape index (κ1) is 14.8. The molecule has 0 spiro atoms. The van der Waals surface area contributed by atoms with E-state index in [-0.39, 0.29) is 5.91 Å². The number of carbonyl (C=O) groups is 3. The quantitative estimate of drug-likeness (QED) is 0.837. The summed E-state index contributed by atoms with van der Waals surface area (Å²) >= 11 is 0. The SMILES string of the molecule is NC(=O)c1ccc(N2C(=O)NC(Cc3ccccc3)C2=O)cc1. The summed E-state index contributed by atoms with van der Waals surface area (Å²) in [7, 11) is 0. The van der Waals surface area contributed by atoms with Gasteiger partial charge in [-0.05, 0) is 29.8 Å². The van der Waals surface area contributed by atoms with Gasteiger partial charge in [-0.1, -0.05) is 30.3 Å². The van der Waals surface area contributed by atoms with Crippen LogP contribution in [0.2, 0.25) is 0 Å². The Hall–Kier alpha value is -3.15. The lowest BCUT2D eigenvalue weighted by Gasteiger charge is -2.13. The number of nitrogens with two attached hydrogens (primary N) is 1. The van der Waals surface area contributed by atoms with Gasteiger partial charge in [0.1, 0.15) is 6.04 Å². The van der Waals surface area contributed by atoms with Crippen molar-refractivity contribution in [1.29, 1.82) is 0 Å². The van der Waals surface area contributed by atoms with Crippen molar-refractivity contribution in [2.45, 2.75) is 12.5 Å². The summed E-state index contributed by atoms with van der Waals surface area (Å²) in [5.74, 6) is -0.874. The smallest absolute Gasteiger partial charge is 0.329 e. The average molecular weight is 309 g/mol. The first-order chi connectivity index (χ1) is 11.1. The molecule has 3 N–H and O–H groups in total. The second kappa shape index (κ2) is 5.92. The van der Waals surface area contributed by atoms with Gasteiger partial charge in [0.05, 0.1) is 5.69 Å². The minimum atomic E-state index is -0.597. The van der Waals surface area contributed by atoms with Crippen LogP contribution in [0, 0.1) is 0 Å². The topological polar surface area (TPSA) is 92.5 Å². The van der Waals surface area contributed by atoms with E-state index in [4.69, 9.17) is 5.73 Å². The van der Waals surface area contributed by atoms with Crippen molar-refractivity contribution < 1.29 is 14.4 Å². The number of anilines is 1. The maximum Gasteiger partial charge on any atom is 0.329 e. The highest BCUT2D eigenvalue weighted by Gasteiger charge is 2.38. The number of imide groups is 1. The number of hydrogen-bond donors (Lipinski definition) is 2. The normalized spacial score (nSPS) is 17.2. The molecule has 6 heteroatoms. The maximum absolute atomic E-state index is 12.5. The second-order valence-electron chi connectivity index (χ2n) is 5.28. The van der Waals surface area contributed by atoms with Gasteiger partial charge in [0.25, 0.3) is 5.91 Å². The number of nitrogens with zero attached hydrogens (tertiary/aromatic N) is 1. The van der Waals surface area contributed by atoms with E-state index in [1.54, 1.807) is 0 Å². The highest BCUT2D eigenvalue weighted by atomic mass is 16.2. The van der Waals surface area contributed by atoms with E-state index in [1.165, 1.54) is 24.3 Å². The second-order valence-corrected chi connectivity index (χ2v) is 5.28. The molecule has 4 amide bonds. The molecule has 1 atom stereocenters. The molecule has 2 aromatic rings. The third-order valence-corrected chi connectivity index (χ3v) is 3.71. The predicted octanol–water partition coefficient (Wildman–Crippen LogP) is 1.45. The molecule has 1 saturated heterocycles. The Morgan fingerprint density at radius 1 is 1.04 bits per heavy atom. The Labute approximate surface area is 132 Å². The first-order valence-electron chi connectivity index (χ1n) is 7.14. The van der Waals surface area contributed by atoms with Crippen molar-refractivity contribution in [1.82, 2.24) is 5.32 Å². The number of nitrogens with one attached hydrogen (secondary N) is 1. The van der Waals surface area contributed by atoms with Crippen LogP contribution in [-0.4, -0.2) is 23.9 Å². The van der Waals surface area contributed by atoms with Crippen LogP contribution in [0.15, 0.2) is 54.6 Å². The standard InChI is InChI=1S/C17H15N3O3/c18-15(21)12-6-8-13(9-7-12)20-16(22)14(19-17(20)23)10-11-4-2-1-3-5-11/h1-9,14H,10H2,(H2,18,21)(H,19,23). The Balaban J connectivity index is 1.79. The van der Waals surface area contributed by atoms with Crippen LogP contribution >= 0.6 is 0 Å². The summed E-state index contributed by atoms with van der Waals surface area (Å²) in [6, 6.07) is 14.5. The van der Waals surface area contributed by atoms with Crippen LogP contribution < -0.4 is 16.0 Å². The van der Waals surface area contributed by atoms with Crippen LogP contribution in [0.5, 0.6) is 0 Å². The van der Waals surface area contributed by atoms with Gasteiger partial charge in [-0.2, -0.15) is 0 Å². The van der Waals surface area contributed by atoms with E-state index in [1.807, 2.05) is 30.3 Å². The molecule has 23 heavy (non-hydrogen) atoms. The van der Waals surface area contributed by atoms with Gasteiger partial charge in [-0.3, -0.25) is 9.59 Å². The Kier molecular flexibility index (Phi) is 3.80. The number of primary amides is 1. The zero-order valence-electron chi connectivity index (χ0n) is 12.2. The van der Waals surface area contributed by atoms with Crippen LogP contribution in [0.1, 0.15) is 15.9 Å². The molecular formula is C17H15N3O3. The van der Waals surface area contributed by atoms with Crippen molar-refractivity contribution in [3.8, 4) is 0 Å². The fourth-order valence-electron chi connectivity index (χ4n) is 2.54. The van der Waals surface area contributed by atoms with Crippen LogP contribution in [-0.2, 0) is 11.2 Å². The molecule has 1 unspecified atom stereocenters. The van der Waals surface area contributed by atoms with Crippen molar-refractivity contribution in [2.75, 3.05) is 4.90 Å². The number of benzene rings is 2. The van der Waals surface area contributed by atoms with E-state index in [0.717, 1.165) is 10.5 Å². The van der Waals surface area contributed by atoms with Crippen LogP contribution in [0.25, 0.3) is 0 Å². The van der Waals surface area contributed by atoms with Gasteiger partial charge >= 0.3 is 6.03 Å². The summed E-state index contributed by atoms with van der Waals surface area (Å²) in [6.45, 7) is 0. The van der Waals surface area contributed by atoms with Crippen molar-refractivity contribution in [2.24, 2.45) is 5.73 Å². The van der Waals surface area contributed by atoms with Crippen LogP contribution in [0.4, 0.5) is 10.5 Å². The summed E-state index contributed by atoms with van der Waals surface area (Å²) in [6.07, 6.45) is 0.432. The minimum Gasteiger partial charge on any atom is -0.366 e. The lowest BCUT2D eigenvalue weighted by atomic mass is 10.1. The third-order valence-electron chi connectivity index (χ3n) is 3.71. The van der Waals surface area contributed by atoms with Gasteiger partial charge in [0, 0.05) is 12.0 Å². The molecule has 0 aromatic heterocycles.